The molecule has 6 nitrogen and oxygen atoms in total. The van der Waals surface area contributed by atoms with Gasteiger partial charge in [0.05, 0.1) is 25.0 Å². The molecule has 1 aliphatic heterocycles. The molecule has 2 aromatic rings. The highest BCUT2D eigenvalue weighted by Crippen LogP contribution is 2.46. The van der Waals surface area contributed by atoms with Gasteiger partial charge in [0, 0.05) is 30.4 Å². The Morgan fingerprint density at radius 3 is 2.83 bits per heavy atom. The third-order valence-corrected chi connectivity index (χ3v) is 7.09. The summed E-state index contributed by atoms with van der Waals surface area (Å²) >= 11 is 1.56. The number of nitrogens with one attached hydrogen (secondary N) is 1. The summed E-state index contributed by atoms with van der Waals surface area (Å²) in [5, 5.41) is 4.18. The zero-order chi connectivity index (χ0) is 21.1. The van der Waals surface area contributed by atoms with E-state index in [0.29, 0.717) is 13.2 Å². The summed E-state index contributed by atoms with van der Waals surface area (Å²) in [6.45, 7) is 6.74. The minimum absolute atomic E-state index is 0.0724. The summed E-state index contributed by atoms with van der Waals surface area (Å²) in [4.78, 5) is 18.9. The highest BCUT2D eigenvalue weighted by molar-refractivity contribution is 7.99. The van der Waals surface area contributed by atoms with Gasteiger partial charge in [0.1, 0.15) is 5.75 Å². The lowest BCUT2D eigenvalue weighted by Gasteiger charge is -2.42. The van der Waals surface area contributed by atoms with Crippen molar-refractivity contribution in [2.75, 3.05) is 39.7 Å². The molecule has 0 atom stereocenters. The monoisotopic (exact) mass is 427 g/mol. The Balaban J connectivity index is 1.94. The molecule has 1 aromatic carbocycles. The van der Waals surface area contributed by atoms with Crippen molar-refractivity contribution in [2.24, 2.45) is 0 Å². The molecule has 4 rings (SSSR count). The van der Waals surface area contributed by atoms with Gasteiger partial charge in [0.25, 0.3) is 5.56 Å². The predicted octanol–water partition coefficient (Wildman–Crippen LogP) is 3.02. The summed E-state index contributed by atoms with van der Waals surface area (Å²) in [6, 6.07) is 6.11. The lowest BCUT2D eigenvalue weighted by Crippen LogP contribution is -2.48. The second-order valence-corrected chi connectivity index (χ2v) is 8.96. The van der Waals surface area contributed by atoms with Crippen LogP contribution < -0.4 is 15.6 Å². The zero-order valence-corrected chi connectivity index (χ0v) is 18.5. The molecule has 0 bridgehead atoms. The van der Waals surface area contributed by atoms with Crippen LogP contribution in [0.2, 0.25) is 0 Å². The van der Waals surface area contributed by atoms with E-state index in [1.54, 1.807) is 36.6 Å². The molecular weight excluding hydrogens is 398 g/mol. The van der Waals surface area contributed by atoms with E-state index < -0.39 is 0 Å². The maximum Gasteiger partial charge on any atom is 0.258 e. The summed E-state index contributed by atoms with van der Waals surface area (Å²) in [5.74, 6) is 1.58. The highest BCUT2D eigenvalue weighted by atomic mass is 32.2. The van der Waals surface area contributed by atoms with E-state index in [4.69, 9.17) is 14.5 Å². The van der Waals surface area contributed by atoms with Gasteiger partial charge in [-0.05, 0) is 56.1 Å². The van der Waals surface area contributed by atoms with Gasteiger partial charge in [0.15, 0.2) is 5.16 Å². The van der Waals surface area contributed by atoms with Gasteiger partial charge in [-0.15, -0.1) is 6.58 Å². The number of allylic oxidation sites excluding steroid dienone is 1. The van der Waals surface area contributed by atoms with Crippen molar-refractivity contribution in [1.82, 2.24) is 14.9 Å². The Labute approximate surface area is 181 Å². The average Bonchev–Trinajstić information content (AvgIpc) is 2.76. The third kappa shape index (κ3) is 3.70. The van der Waals surface area contributed by atoms with E-state index in [9.17, 15) is 4.79 Å². The van der Waals surface area contributed by atoms with Gasteiger partial charge in [0.2, 0.25) is 0 Å². The smallest absolute Gasteiger partial charge is 0.258 e. The predicted molar refractivity (Wildman–Crippen MR) is 121 cm³/mol. The summed E-state index contributed by atoms with van der Waals surface area (Å²) in [5.41, 5.74) is 3.85. The molecule has 0 unspecified atom stereocenters. The average molecular weight is 428 g/mol. The number of hydrogen-bond donors (Lipinski definition) is 1. The number of aromatic nitrogens is 2. The number of piperidine rings is 1. The molecule has 30 heavy (non-hydrogen) atoms. The number of rotatable bonds is 7. The van der Waals surface area contributed by atoms with Crippen LogP contribution in [0.3, 0.4) is 0 Å². The van der Waals surface area contributed by atoms with Gasteiger partial charge < -0.3 is 14.8 Å². The Bertz CT molecular complexity index is 996. The van der Waals surface area contributed by atoms with Crippen molar-refractivity contribution in [3.8, 4) is 17.0 Å². The van der Waals surface area contributed by atoms with E-state index in [-0.39, 0.29) is 11.0 Å². The van der Waals surface area contributed by atoms with Crippen LogP contribution in [-0.4, -0.2) is 49.2 Å². The molecular formula is C23H29N3O3S. The highest BCUT2D eigenvalue weighted by Gasteiger charge is 2.43. The first-order valence-electron chi connectivity index (χ1n) is 10.4. The van der Waals surface area contributed by atoms with Crippen LogP contribution in [0, 0.1) is 0 Å². The van der Waals surface area contributed by atoms with Crippen LogP contribution in [0.1, 0.15) is 24.0 Å². The number of methoxy groups -OCH3 is 2. The third-order valence-electron chi connectivity index (χ3n) is 6.15. The molecule has 1 fully saturated rings. The van der Waals surface area contributed by atoms with E-state index in [1.807, 2.05) is 6.07 Å². The second-order valence-electron chi connectivity index (χ2n) is 7.89. The van der Waals surface area contributed by atoms with E-state index in [1.165, 1.54) is 5.56 Å². The first-order valence-corrected chi connectivity index (χ1v) is 11.4. The van der Waals surface area contributed by atoms with Gasteiger partial charge in [-0.1, -0.05) is 17.8 Å². The van der Waals surface area contributed by atoms with Crippen LogP contribution in [0.4, 0.5) is 0 Å². The Morgan fingerprint density at radius 2 is 2.13 bits per heavy atom. The Hall–Kier alpha value is -2.09. The number of ether oxygens (including phenoxy) is 2. The molecule has 0 radical (unpaired) electrons. The topological polar surface area (TPSA) is 65.4 Å². The Kier molecular flexibility index (Phi) is 6.32. The molecule has 2 heterocycles. The number of benzene rings is 1. The quantitative estimate of drug-likeness (QED) is 0.317. The SMILES string of the molecule is C=CCn1c(SCCOC)nc2c(c1=O)C1(CCNCC1)Cc1cc(OC)ccc1-2. The molecule has 160 valence electrons. The normalized spacial score (nSPS) is 16.7. The molecule has 2 aliphatic rings. The van der Waals surface area contributed by atoms with E-state index in [0.717, 1.165) is 65.8 Å². The largest absolute Gasteiger partial charge is 0.497 e. The van der Waals surface area contributed by atoms with Crippen molar-refractivity contribution in [3.63, 3.8) is 0 Å². The van der Waals surface area contributed by atoms with Crippen LogP contribution in [-0.2, 0) is 23.1 Å². The lowest BCUT2D eigenvalue weighted by atomic mass is 9.65. The molecule has 1 saturated heterocycles. The number of nitrogens with zero attached hydrogens (tertiary/aromatic N) is 2. The summed E-state index contributed by atoms with van der Waals surface area (Å²) in [6.07, 6.45) is 4.47. The van der Waals surface area contributed by atoms with Gasteiger partial charge in [-0.25, -0.2) is 4.98 Å². The van der Waals surface area contributed by atoms with Crippen molar-refractivity contribution < 1.29 is 9.47 Å². The van der Waals surface area contributed by atoms with E-state index >= 15 is 0 Å². The fourth-order valence-corrected chi connectivity index (χ4v) is 5.59. The van der Waals surface area contributed by atoms with Crippen molar-refractivity contribution >= 4 is 11.8 Å². The van der Waals surface area contributed by atoms with Gasteiger partial charge in [-0.3, -0.25) is 9.36 Å². The fraction of sp³-hybridized carbons (Fsp3) is 0.478. The van der Waals surface area contributed by atoms with Crippen LogP contribution in [0.25, 0.3) is 11.3 Å². The maximum atomic E-state index is 13.8. The summed E-state index contributed by atoms with van der Waals surface area (Å²) < 4.78 is 12.5. The molecule has 7 heteroatoms. The Morgan fingerprint density at radius 1 is 1.33 bits per heavy atom. The molecule has 0 saturated carbocycles. The van der Waals surface area contributed by atoms with Gasteiger partial charge in [-0.2, -0.15) is 0 Å². The van der Waals surface area contributed by atoms with Crippen LogP contribution >= 0.6 is 11.8 Å². The number of fused-ring (bicyclic) bond motifs is 4. The fourth-order valence-electron chi connectivity index (χ4n) is 4.68. The molecule has 1 aliphatic carbocycles. The molecule has 1 aromatic heterocycles. The van der Waals surface area contributed by atoms with Crippen LogP contribution in [0.5, 0.6) is 5.75 Å². The standard InChI is InChI=1S/C23H29N3O3S/c1-4-11-26-21(27)19-20(25-22(26)30-13-12-28-2)18-6-5-17(29-3)14-16(18)15-23(19)7-9-24-10-8-23/h4-6,14,24H,1,7-13,15H2,2-3H3. The maximum absolute atomic E-state index is 13.8. The summed E-state index contributed by atoms with van der Waals surface area (Å²) in [7, 11) is 3.37. The zero-order valence-electron chi connectivity index (χ0n) is 17.7. The minimum atomic E-state index is -0.192. The van der Waals surface area contributed by atoms with Crippen molar-refractivity contribution in [3.05, 3.63) is 52.3 Å². The lowest BCUT2D eigenvalue weighted by molar-refractivity contribution is 0.218. The van der Waals surface area contributed by atoms with E-state index in [2.05, 4.69) is 24.0 Å². The second kappa shape index (κ2) is 8.96. The van der Waals surface area contributed by atoms with Crippen LogP contribution in [0.15, 0.2) is 40.8 Å². The molecule has 0 amide bonds. The first kappa shape index (κ1) is 21.2. The van der Waals surface area contributed by atoms with Crippen molar-refractivity contribution in [2.45, 2.75) is 36.4 Å². The van der Waals surface area contributed by atoms with Gasteiger partial charge >= 0.3 is 0 Å². The molecule has 1 spiro atoms. The number of thioether (sulfide) groups is 1. The van der Waals surface area contributed by atoms with Crippen molar-refractivity contribution in [1.29, 1.82) is 0 Å². The molecule has 1 N–H and O–H groups in total. The first-order chi connectivity index (χ1) is 14.6. The number of hydrogen-bond acceptors (Lipinski definition) is 6. The minimum Gasteiger partial charge on any atom is -0.497 e.